The summed E-state index contributed by atoms with van der Waals surface area (Å²) in [4.78, 5) is 0. The minimum atomic E-state index is 0.258. The molecule has 0 atom stereocenters. The lowest BCUT2D eigenvalue weighted by molar-refractivity contribution is 0.412. The maximum Gasteiger partial charge on any atom is 0.576 e. The van der Waals surface area contributed by atoms with E-state index in [0.717, 1.165) is 5.75 Å². The van der Waals surface area contributed by atoms with E-state index >= 15 is 0 Å². The van der Waals surface area contributed by atoms with Gasteiger partial charge in [-0.1, -0.05) is 24.3 Å². The molecule has 1 aromatic rings. The van der Waals surface area contributed by atoms with Gasteiger partial charge < -0.3 is 9.31 Å². The molecule has 0 spiro atoms. The standard InChI is InChI=1S/C9H11BO2/c1-2-8-11-10-12-9-6-4-3-5-7-9/h2-8,10H,1H3. The first kappa shape index (κ1) is 8.72. The van der Waals surface area contributed by atoms with Crippen LogP contribution in [0, 0.1) is 0 Å². The summed E-state index contributed by atoms with van der Waals surface area (Å²) in [5, 5.41) is 0. The van der Waals surface area contributed by atoms with Crippen LogP contribution in [-0.4, -0.2) is 7.69 Å². The van der Waals surface area contributed by atoms with Gasteiger partial charge in [-0.3, -0.25) is 0 Å². The van der Waals surface area contributed by atoms with E-state index in [1.165, 1.54) is 0 Å². The van der Waals surface area contributed by atoms with Gasteiger partial charge in [0.2, 0.25) is 0 Å². The lowest BCUT2D eigenvalue weighted by Gasteiger charge is -2.02. The molecule has 0 aliphatic heterocycles. The molecule has 0 bridgehead atoms. The highest BCUT2D eigenvalue weighted by Crippen LogP contribution is 2.06. The van der Waals surface area contributed by atoms with E-state index in [4.69, 9.17) is 9.31 Å². The Bertz CT molecular complexity index is 234. The molecule has 0 saturated carbocycles. The van der Waals surface area contributed by atoms with Crippen LogP contribution in [0.25, 0.3) is 0 Å². The van der Waals surface area contributed by atoms with Crippen molar-refractivity contribution in [2.24, 2.45) is 0 Å². The number of para-hydroxylation sites is 1. The van der Waals surface area contributed by atoms with Crippen LogP contribution in [0.1, 0.15) is 6.92 Å². The van der Waals surface area contributed by atoms with E-state index in [1.807, 2.05) is 43.3 Å². The van der Waals surface area contributed by atoms with Crippen molar-refractivity contribution >= 4 is 7.69 Å². The largest absolute Gasteiger partial charge is 0.576 e. The molecule has 0 fully saturated rings. The average molecular weight is 162 g/mol. The second-order valence-corrected chi connectivity index (χ2v) is 2.21. The topological polar surface area (TPSA) is 18.5 Å². The van der Waals surface area contributed by atoms with Gasteiger partial charge in [-0.15, -0.1) is 0 Å². The average Bonchev–Trinajstić information content (AvgIpc) is 2.14. The Hall–Kier alpha value is -1.38. The molecule has 0 heterocycles. The molecule has 0 unspecified atom stereocenters. The molecule has 0 amide bonds. The summed E-state index contributed by atoms with van der Waals surface area (Å²) in [6.07, 6.45) is 3.41. The molecule has 0 aliphatic rings. The Labute approximate surface area is 73.1 Å². The first-order valence-electron chi connectivity index (χ1n) is 3.84. The van der Waals surface area contributed by atoms with Crippen molar-refractivity contribution in [2.45, 2.75) is 6.92 Å². The molecule has 62 valence electrons. The molecule has 1 aromatic carbocycles. The summed E-state index contributed by atoms with van der Waals surface area (Å²) in [6, 6.07) is 9.56. The highest BCUT2D eigenvalue weighted by atomic mass is 16.6. The summed E-state index contributed by atoms with van der Waals surface area (Å²) < 4.78 is 10.2. The minimum Gasteiger partial charge on any atom is -0.535 e. The number of allylic oxidation sites excluding steroid dienone is 1. The highest BCUT2D eigenvalue weighted by Gasteiger charge is 1.92. The number of benzene rings is 1. The van der Waals surface area contributed by atoms with E-state index < -0.39 is 0 Å². The number of rotatable bonds is 4. The van der Waals surface area contributed by atoms with E-state index in [2.05, 4.69) is 0 Å². The van der Waals surface area contributed by atoms with Crippen molar-refractivity contribution in [2.75, 3.05) is 0 Å². The van der Waals surface area contributed by atoms with Crippen LogP contribution < -0.4 is 4.65 Å². The van der Waals surface area contributed by atoms with Crippen LogP contribution in [-0.2, 0) is 4.65 Å². The molecular weight excluding hydrogens is 151 g/mol. The van der Waals surface area contributed by atoms with Crippen molar-refractivity contribution in [3.05, 3.63) is 42.7 Å². The fraction of sp³-hybridized carbons (Fsp3) is 0.111. The smallest absolute Gasteiger partial charge is 0.535 e. The maximum atomic E-state index is 5.23. The molecule has 12 heavy (non-hydrogen) atoms. The predicted octanol–water partition coefficient (Wildman–Crippen LogP) is 1.88. The van der Waals surface area contributed by atoms with Crippen molar-refractivity contribution < 1.29 is 9.31 Å². The molecule has 0 aliphatic carbocycles. The molecule has 0 aromatic heterocycles. The van der Waals surface area contributed by atoms with Crippen molar-refractivity contribution in [3.63, 3.8) is 0 Å². The van der Waals surface area contributed by atoms with Crippen LogP contribution in [0.5, 0.6) is 5.75 Å². The monoisotopic (exact) mass is 162 g/mol. The normalized spacial score (nSPS) is 9.75. The Morgan fingerprint density at radius 1 is 1.25 bits per heavy atom. The molecule has 1 rings (SSSR count). The Morgan fingerprint density at radius 2 is 2.00 bits per heavy atom. The Morgan fingerprint density at radius 3 is 2.67 bits per heavy atom. The van der Waals surface area contributed by atoms with Gasteiger partial charge in [0, 0.05) is 0 Å². The second-order valence-electron chi connectivity index (χ2n) is 2.21. The predicted molar refractivity (Wildman–Crippen MR) is 50.1 cm³/mol. The van der Waals surface area contributed by atoms with E-state index in [0.29, 0.717) is 0 Å². The summed E-state index contributed by atoms with van der Waals surface area (Å²) >= 11 is 0. The van der Waals surface area contributed by atoms with Crippen molar-refractivity contribution in [1.82, 2.24) is 0 Å². The third-order valence-corrected chi connectivity index (χ3v) is 1.27. The van der Waals surface area contributed by atoms with Gasteiger partial charge in [-0.25, -0.2) is 0 Å². The van der Waals surface area contributed by atoms with Gasteiger partial charge in [0.15, 0.2) is 0 Å². The SMILES string of the molecule is CC=COBOc1ccccc1. The van der Waals surface area contributed by atoms with Crippen LogP contribution >= 0.6 is 0 Å². The summed E-state index contributed by atoms with van der Waals surface area (Å²) in [7, 11) is 0.258. The molecule has 0 radical (unpaired) electrons. The fourth-order valence-corrected chi connectivity index (χ4v) is 0.754. The maximum absolute atomic E-state index is 5.23. The van der Waals surface area contributed by atoms with Crippen molar-refractivity contribution in [3.8, 4) is 5.75 Å². The quantitative estimate of drug-likeness (QED) is 0.382. The molecule has 0 N–H and O–H groups in total. The first-order chi connectivity index (χ1) is 5.93. The van der Waals surface area contributed by atoms with Gasteiger partial charge in [-0.05, 0) is 19.1 Å². The second kappa shape index (κ2) is 5.30. The van der Waals surface area contributed by atoms with Crippen LogP contribution in [0.4, 0.5) is 0 Å². The van der Waals surface area contributed by atoms with Crippen molar-refractivity contribution in [1.29, 1.82) is 0 Å². The van der Waals surface area contributed by atoms with Gasteiger partial charge >= 0.3 is 7.69 Å². The van der Waals surface area contributed by atoms with Crippen LogP contribution in [0.15, 0.2) is 42.7 Å². The van der Waals surface area contributed by atoms with Crippen LogP contribution in [0.2, 0.25) is 0 Å². The van der Waals surface area contributed by atoms with E-state index in [1.54, 1.807) is 6.26 Å². The van der Waals surface area contributed by atoms with Gasteiger partial charge in [0.05, 0.1) is 6.26 Å². The van der Waals surface area contributed by atoms with E-state index in [-0.39, 0.29) is 7.69 Å². The van der Waals surface area contributed by atoms with Crippen LogP contribution in [0.3, 0.4) is 0 Å². The first-order valence-corrected chi connectivity index (χ1v) is 3.84. The third-order valence-electron chi connectivity index (χ3n) is 1.27. The zero-order valence-corrected chi connectivity index (χ0v) is 7.07. The van der Waals surface area contributed by atoms with Gasteiger partial charge in [0.1, 0.15) is 5.75 Å². The molecular formula is C9H11BO2. The minimum absolute atomic E-state index is 0.258. The molecule has 2 nitrogen and oxygen atoms in total. The molecule has 0 saturated heterocycles. The lowest BCUT2D eigenvalue weighted by Crippen LogP contribution is -2.03. The Balaban J connectivity index is 2.24. The number of hydrogen-bond acceptors (Lipinski definition) is 2. The van der Waals surface area contributed by atoms with Gasteiger partial charge in [0.25, 0.3) is 0 Å². The number of hydrogen-bond donors (Lipinski definition) is 0. The summed E-state index contributed by atoms with van der Waals surface area (Å²) in [5.74, 6) is 0.821. The van der Waals surface area contributed by atoms with E-state index in [9.17, 15) is 0 Å². The fourth-order valence-electron chi connectivity index (χ4n) is 0.754. The highest BCUT2D eigenvalue weighted by molar-refractivity contribution is 6.19. The lowest BCUT2D eigenvalue weighted by atomic mass is 10.3. The summed E-state index contributed by atoms with van der Waals surface area (Å²) in [5.41, 5.74) is 0. The Kier molecular flexibility index (Phi) is 3.85. The van der Waals surface area contributed by atoms with Gasteiger partial charge in [-0.2, -0.15) is 0 Å². The molecule has 3 heteroatoms. The zero-order chi connectivity index (χ0) is 8.65. The zero-order valence-electron chi connectivity index (χ0n) is 7.07. The third kappa shape index (κ3) is 3.15. The summed E-state index contributed by atoms with van der Waals surface area (Å²) in [6.45, 7) is 1.89.